The van der Waals surface area contributed by atoms with Gasteiger partial charge in [-0.1, -0.05) is 30.1 Å². The number of amides is 1. The quantitative estimate of drug-likeness (QED) is 0.644. The van der Waals surface area contributed by atoms with Gasteiger partial charge in [0.2, 0.25) is 9.84 Å². The van der Waals surface area contributed by atoms with Crippen molar-refractivity contribution in [2.75, 3.05) is 18.0 Å². The molecule has 0 aliphatic carbocycles. The lowest BCUT2D eigenvalue weighted by molar-refractivity contribution is -0.127. The Morgan fingerprint density at radius 2 is 1.62 bits per heavy atom. The number of likely N-dealkylation sites (tertiary alicyclic amines) is 1. The van der Waals surface area contributed by atoms with E-state index in [2.05, 4.69) is 6.92 Å². The Hall–Kier alpha value is -2.02. The van der Waals surface area contributed by atoms with Gasteiger partial charge in [0.05, 0.1) is 10.6 Å². The Morgan fingerprint density at radius 1 is 1.00 bits per heavy atom. The molecule has 2 heterocycles. The second-order valence-electron chi connectivity index (χ2n) is 7.43. The molecule has 0 saturated carbocycles. The van der Waals surface area contributed by atoms with E-state index in [1.54, 1.807) is 40.1 Å². The molecule has 0 radical (unpaired) electrons. The predicted octanol–water partition coefficient (Wildman–Crippen LogP) is 5.02. The zero-order chi connectivity index (χ0) is 20.8. The summed E-state index contributed by atoms with van der Waals surface area (Å²) >= 11 is 12.1. The Bertz CT molecular complexity index is 1090. The number of benzene rings is 2. The minimum atomic E-state index is -3.97. The third kappa shape index (κ3) is 3.77. The van der Waals surface area contributed by atoms with E-state index >= 15 is 0 Å². The molecule has 0 atom stereocenters. The van der Waals surface area contributed by atoms with Gasteiger partial charge in [0.15, 0.2) is 4.91 Å². The first-order valence-corrected chi connectivity index (χ1v) is 11.6. The van der Waals surface area contributed by atoms with Gasteiger partial charge in [-0.25, -0.2) is 8.42 Å². The van der Waals surface area contributed by atoms with Gasteiger partial charge in [0, 0.05) is 35.0 Å². The fourth-order valence-corrected chi connectivity index (χ4v) is 5.45. The highest BCUT2D eigenvalue weighted by molar-refractivity contribution is 7.96. The van der Waals surface area contributed by atoms with Crippen molar-refractivity contribution >= 4 is 50.3 Å². The van der Waals surface area contributed by atoms with E-state index < -0.39 is 15.7 Å². The lowest BCUT2D eigenvalue weighted by atomic mass is 9.99. The lowest BCUT2D eigenvalue weighted by Crippen LogP contribution is -2.41. The van der Waals surface area contributed by atoms with Crippen molar-refractivity contribution in [2.24, 2.45) is 5.92 Å². The SMILES string of the molecule is CC1CCN(C(=O)C2=CN(c3ccc(Cl)cc3)c3cc(Cl)ccc3S2(=O)=O)CC1. The average Bonchev–Trinajstić information content (AvgIpc) is 2.69. The van der Waals surface area contributed by atoms with Crippen LogP contribution in [0.3, 0.4) is 0 Å². The lowest BCUT2D eigenvalue weighted by Gasteiger charge is -2.33. The highest BCUT2D eigenvalue weighted by Crippen LogP contribution is 2.41. The molecule has 2 aliphatic rings. The summed E-state index contributed by atoms with van der Waals surface area (Å²) in [6, 6.07) is 11.5. The number of piperidine rings is 1. The van der Waals surface area contributed by atoms with Crippen LogP contribution in [0.2, 0.25) is 10.0 Å². The molecule has 0 spiro atoms. The van der Waals surface area contributed by atoms with Crippen LogP contribution in [0.4, 0.5) is 11.4 Å². The monoisotopic (exact) mass is 450 g/mol. The maximum atomic E-state index is 13.3. The Labute approximate surface area is 180 Å². The van der Waals surface area contributed by atoms with E-state index in [0.29, 0.717) is 40.4 Å². The predicted molar refractivity (Wildman–Crippen MR) is 115 cm³/mol. The minimum absolute atomic E-state index is 0.0630. The Kier molecular flexibility index (Phi) is 5.36. The number of anilines is 2. The molecule has 1 fully saturated rings. The van der Waals surface area contributed by atoms with Crippen molar-refractivity contribution in [3.8, 4) is 0 Å². The van der Waals surface area contributed by atoms with Gasteiger partial charge < -0.3 is 9.80 Å². The molecule has 4 rings (SSSR count). The summed E-state index contributed by atoms with van der Waals surface area (Å²) in [5, 5.41) is 0.971. The molecule has 2 aliphatic heterocycles. The average molecular weight is 451 g/mol. The third-order valence-electron chi connectivity index (χ3n) is 5.39. The molecule has 0 N–H and O–H groups in total. The number of carbonyl (C=O) groups is 1. The minimum Gasteiger partial charge on any atom is -0.338 e. The van der Waals surface area contributed by atoms with Crippen molar-refractivity contribution in [2.45, 2.75) is 24.7 Å². The molecule has 8 heteroatoms. The first kappa shape index (κ1) is 20.3. The smallest absolute Gasteiger partial charge is 0.267 e. The molecule has 1 amide bonds. The van der Waals surface area contributed by atoms with Crippen molar-refractivity contribution in [1.29, 1.82) is 0 Å². The van der Waals surface area contributed by atoms with E-state index in [9.17, 15) is 13.2 Å². The third-order valence-corrected chi connectivity index (χ3v) is 7.66. The topological polar surface area (TPSA) is 57.7 Å². The number of fused-ring (bicyclic) bond motifs is 1. The molecular formula is C21H20Cl2N2O3S. The van der Waals surface area contributed by atoms with Crippen LogP contribution in [-0.2, 0) is 14.6 Å². The number of halogens is 2. The zero-order valence-corrected chi connectivity index (χ0v) is 18.1. The standard InChI is InChI=1S/C21H20Cl2N2O3S/c1-14-8-10-24(11-9-14)21(26)20-13-25(17-5-2-15(22)3-6-17)18-12-16(23)4-7-19(18)29(20,27)28/h2-7,12-14H,8-11H2,1H3. The number of hydrogen-bond acceptors (Lipinski definition) is 4. The first-order valence-electron chi connectivity index (χ1n) is 9.38. The molecule has 152 valence electrons. The molecule has 29 heavy (non-hydrogen) atoms. The van der Waals surface area contributed by atoms with Crippen LogP contribution < -0.4 is 4.90 Å². The van der Waals surface area contributed by atoms with E-state index in [0.717, 1.165) is 12.8 Å². The van der Waals surface area contributed by atoms with E-state index in [1.807, 2.05) is 0 Å². The van der Waals surface area contributed by atoms with Crippen molar-refractivity contribution < 1.29 is 13.2 Å². The highest BCUT2D eigenvalue weighted by atomic mass is 35.5. The molecule has 0 unspecified atom stereocenters. The summed E-state index contributed by atoms with van der Waals surface area (Å²) in [5.74, 6) is 0.0703. The van der Waals surface area contributed by atoms with Gasteiger partial charge >= 0.3 is 0 Å². The fourth-order valence-electron chi connectivity index (χ4n) is 3.63. The number of sulfone groups is 1. The van der Waals surface area contributed by atoms with Crippen LogP contribution in [0.15, 0.2) is 58.5 Å². The van der Waals surface area contributed by atoms with Crippen molar-refractivity contribution in [3.05, 3.63) is 63.6 Å². The summed E-state index contributed by atoms with van der Waals surface area (Å²) in [6.07, 6.45) is 3.13. The summed E-state index contributed by atoms with van der Waals surface area (Å²) in [7, 11) is -3.97. The largest absolute Gasteiger partial charge is 0.338 e. The van der Waals surface area contributed by atoms with E-state index in [-0.39, 0.29) is 9.80 Å². The van der Waals surface area contributed by atoms with Crippen LogP contribution in [0.1, 0.15) is 19.8 Å². The van der Waals surface area contributed by atoms with Gasteiger partial charge in [0.25, 0.3) is 5.91 Å². The Balaban J connectivity index is 1.83. The number of hydrogen-bond donors (Lipinski definition) is 0. The van der Waals surface area contributed by atoms with Crippen LogP contribution in [-0.4, -0.2) is 32.3 Å². The molecule has 0 aromatic heterocycles. The molecular weight excluding hydrogens is 431 g/mol. The maximum Gasteiger partial charge on any atom is 0.267 e. The van der Waals surface area contributed by atoms with E-state index in [1.165, 1.54) is 18.3 Å². The fraction of sp³-hybridized carbons (Fsp3) is 0.286. The van der Waals surface area contributed by atoms with Crippen molar-refractivity contribution in [3.63, 3.8) is 0 Å². The second kappa shape index (κ2) is 7.67. The summed E-state index contributed by atoms with van der Waals surface area (Å²) in [6.45, 7) is 3.25. The van der Waals surface area contributed by atoms with Gasteiger partial charge in [-0.05, 0) is 61.2 Å². The van der Waals surface area contributed by atoms with Gasteiger partial charge in [-0.15, -0.1) is 0 Å². The number of rotatable bonds is 2. The highest BCUT2D eigenvalue weighted by Gasteiger charge is 2.38. The summed E-state index contributed by atoms with van der Waals surface area (Å²) in [5.41, 5.74) is 1.09. The van der Waals surface area contributed by atoms with Crippen LogP contribution >= 0.6 is 23.2 Å². The molecule has 2 aromatic carbocycles. The van der Waals surface area contributed by atoms with Crippen LogP contribution in [0, 0.1) is 5.92 Å². The first-order chi connectivity index (χ1) is 13.8. The van der Waals surface area contributed by atoms with Gasteiger partial charge in [-0.3, -0.25) is 4.79 Å². The zero-order valence-electron chi connectivity index (χ0n) is 15.8. The van der Waals surface area contributed by atoms with E-state index in [4.69, 9.17) is 23.2 Å². The molecule has 0 bridgehead atoms. The summed E-state index contributed by atoms with van der Waals surface area (Å²) in [4.78, 5) is 16.3. The van der Waals surface area contributed by atoms with Gasteiger partial charge in [-0.2, -0.15) is 0 Å². The number of carbonyl (C=O) groups excluding carboxylic acids is 1. The molecule has 5 nitrogen and oxygen atoms in total. The van der Waals surface area contributed by atoms with Crippen molar-refractivity contribution in [1.82, 2.24) is 4.90 Å². The Morgan fingerprint density at radius 3 is 2.28 bits per heavy atom. The number of nitrogens with zero attached hydrogens (tertiary/aromatic N) is 2. The second-order valence-corrected chi connectivity index (χ2v) is 10.2. The molecule has 2 aromatic rings. The normalized spacial score (nSPS) is 18.9. The molecule has 1 saturated heterocycles. The van der Waals surface area contributed by atoms with Crippen LogP contribution in [0.5, 0.6) is 0 Å². The van der Waals surface area contributed by atoms with Crippen LogP contribution in [0.25, 0.3) is 0 Å². The van der Waals surface area contributed by atoms with Gasteiger partial charge in [0.1, 0.15) is 0 Å². The summed E-state index contributed by atoms with van der Waals surface area (Å²) < 4.78 is 26.6. The maximum absolute atomic E-state index is 13.3.